The number of imide groups is 1. The Morgan fingerprint density at radius 2 is 2.19 bits per heavy atom. The molecule has 1 aromatic carbocycles. The molecule has 16 heavy (non-hydrogen) atoms. The molecule has 0 aromatic heterocycles. The van der Waals surface area contributed by atoms with E-state index in [1.165, 1.54) is 0 Å². The van der Waals surface area contributed by atoms with Gasteiger partial charge in [0, 0.05) is 19.2 Å². The van der Waals surface area contributed by atoms with Crippen LogP contribution in [0, 0.1) is 0 Å². The van der Waals surface area contributed by atoms with E-state index in [2.05, 4.69) is 5.32 Å². The molecule has 0 unspecified atom stereocenters. The van der Waals surface area contributed by atoms with Crippen molar-refractivity contribution in [1.82, 2.24) is 0 Å². The first-order valence-electron chi connectivity index (χ1n) is 5.00. The van der Waals surface area contributed by atoms with Crippen LogP contribution < -0.4 is 10.2 Å². The minimum absolute atomic E-state index is 0.243. The number of carbonyl (C=O) groups is 2. The van der Waals surface area contributed by atoms with Gasteiger partial charge in [0.2, 0.25) is 5.91 Å². The van der Waals surface area contributed by atoms with E-state index in [0.29, 0.717) is 12.1 Å². The number of benzene rings is 1. The van der Waals surface area contributed by atoms with Gasteiger partial charge in [0.15, 0.2) is 0 Å². The average molecular weight is 220 g/mol. The van der Waals surface area contributed by atoms with Crippen molar-refractivity contribution in [1.29, 1.82) is 0 Å². The molecule has 0 aliphatic carbocycles. The summed E-state index contributed by atoms with van der Waals surface area (Å²) in [6.07, 6.45) is -0.386. The molecule has 5 nitrogen and oxygen atoms in total. The van der Waals surface area contributed by atoms with Gasteiger partial charge < -0.3 is 10.4 Å². The van der Waals surface area contributed by atoms with E-state index in [-0.39, 0.29) is 12.3 Å². The van der Waals surface area contributed by atoms with Crippen molar-refractivity contribution < 1.29 is 14.7 Å². The first-order valence-corrected chi connectivity index (χ1v) is 5.00. The molecule has 2 amide bonds. The zero-order valence-electron chi connectivity index (χ0n) is 8.86. The number of rotatable bonds is 1. The summed E-state index contributed by atoms with van der Waals surface area (Å²) >= 11 is 0. The first-order chi connectivity index (χ1) is 7.63. The largest absolute Gasteiger partial charge is 0.464 e. The van der Waals surface area contributed by atoms with Crippen LogP contribution in [0.15, 0.2) is 18.2 Å². The standard InChI is InChI=1S/C11H12N2O3/c1-12-8-3-4-9-7(6-8)2-5-10(14)13(9)11(15)16/h3-4,6,12H,2,5H2,1H3,(H,15,16). The van der Waals surface area contributed by atoms with Gasteiger partial charge in [-0.2, -0.15) is 0 Å². The fraction of sp³-hybridized carbons (Fsp3) is 0.273. The summed E-state index contributed by atoms with van der Waals surface area (Å²) in [5, 5.41) is 12.0. The minimum Gasteiger partial charge on any atom is -0.464 e. The fourth-order valence-electron chi connectivity index (χ4n) is 1.86. The van der Waals surface area contributed by atoms with Gasteiger partial charge >= 0.3 is 6.09 Å². The topological polar surface area (TPSA) is 69.6 Å². The van der Waals surface area contributed by atoms with Crippen molar-refractivity contribution in [3.05, 3.63) is 23.8 Å². The van der Waals surface area contributed by atoms with E-state index < -0.39 is 6.09 Å². The summed E-state index contributed by atoms with van der Waals surface area (Å²) in [6, 6.07) is 5.29. The van der Waals surface area contributed by atoms with Gasteiger partial charge in [0.25, 0.3) is 0 Å². The van der Waals surface area contributed by atoms with Gasteiger partial charge in [-0.25, -0.2) is 9.69 Å². The van der Waals surface area contributed by atoms with Gasteiger partial charge in [0.05, 0.1) is 5.69 Å². The molecule has 0 fully saturated rings. The molecule has 5 heteroatoms. The van der Waals surface area contributed by atoms with Gasteiger partial charge in [-0.15, -0.1) is 0 Å². The molecule has 1 aromatic rings. The summed E-state index contributed by atoms with van der Waals surface area (Å²) in [4.78, 5) is 23.3. The first kappa shape index (κ1) is 10.5. The van der Waals surface area contributed by atoms with Crippen LogP contribution in [0.1, 0.15) is 12.0 Å². The molecule has 1 aliphatic rings. The zero-order valence-corrected chi connectivity index (χ0v) is 8.86. The quantitative estimate of drug-likeness (QED) is 0.755. The maximum atomic E-state index is 11.5. The van der Waals surface area contributed by atoms with Crippen molar-refractivity contribution in [2.75, 3.05) is 17.3 Å². The van der Waals surface area contributed by atoms with E-state index in [9.17, 15) is 9.59 Å². The van der Waals surface area contributed by atoms with Crippen molar-refractivity contribution >= 4 is 23.4 Å². The lowest BCUT2D eigenvalue weighted by molar-refractivity contribution is -0.118. The highest BCUT2D eigenvalue weighted by molar-refractivity contribution is 6.13. The SMILES string of the molecule is CNc1ccc2c(c1)CCC(=O)N2C(=O)O. The lowest BCUT2D eigenvalue weighted by Gasteiger charge is -2.25. The van der Waals surface area contributed by atoms with Crippen LogP contribution in [0.2, 0.25) is 0 Å². The Labute approximate surface area is 92.7 Å². The third kappa shape index (κ3) is 1.60. The van der Waals surface area contributed by atoms with Gasteiger partial charge in [0.1, 0.15) is 0 Å². The molecular weight excluding hydrogens is 208 g/mol. The van der Waals surface area contributed by atoms with Crippen molar-refractivity contribution in [3.63, 3.8) is 0 Å². The Morgan fingerprint density at radius 3 is 2.81 bits per heavy atom. The second-order valence-electron chi connectivity index (χ2n) is 3.61. The highest BCUT2D eigenvalue weighted by atomic mass is 16.4. The van der Waals surface area contributed by atoms with Crippen molar-refractivity contribution in [2.45, 2.75) is 12.8 Å². The smallest absolute Gasteiger partial charge is 0.418 e. The molecule has 2 rings (SSSR count). The monoisotopic (exact) mass is 220 g/mol. The Bertz CT molecular complexity index is 457. The molecule has 0 bridgehead atoms. The number of anilines is 2. The number of nitrogens with zero attached hydrogens (tertiary/aromatic N) is 1. The van der Waals surface area contributed by atoms with E-state index in [1.807, 2.05) is 6.07 Å². The Morgan fingerprint density at radius 1 is 1.44 bits per heavy atom. The van der Waals surface area contributed by atoms with Crippen LogP contribution in [0.5, 0.6) is 0 Å². The van der Waals surface area contributed by atoms with E-state index >= 15 is 0 Å². The van der Waals surface area contributed by atoms with Gasteiger partial charge in [-0.1, -0.05) is 0 Å². The number of carbonyl (C=O) groups excluding carboxylic acids is 1. The lowest BCUT2D eigenvalue weighted by Crippen LogP contribution is -2.39. The summed E-state index contributed by atoms with van der Waals surface area (Å²) < 4.78 is 0. The molecular formula is C11H12N2O3. The predicted octanol–water partition coefficient (Wildman–Crippen LogP) is 1.69. The molecule has 0 saturated heterocycles. The second kappa shape index (κ2) is 3.84. The van der Waals surface area contributed by atoms with Crippen molar-refractivity contribution in [2.24, 2.45) is 0 Å². The Balaban J connectivity index is 2.48. The Hall–Kier alpha value is -2.04. The third-order valence-electron chi connectivity index (χ3n) is 2.66. The van der Waals surface area contributed by atoms with E-state index in [4.69, 9.17) is 5.11 Å². The molecule has 0 spiro atoms. The number of nitrogens with one attached hydrogen (secondary N) is 1. The summed E-state index contributed by atoms with van der Waals surface area (Å²) in [5.74, 6) is -0.364. The third-order valence-corrected chi connectivity index (χ3v) is 2.66. The highest BCUT2D eigenvalue weighted by Crippen LogP contribution is 2.30. The number of hydrogen-bond donors (Lipinski definition) is 2. The molecule has 0 radical (unpaired) electrons. The van der Waals surface area contributed by atoms with Crippen LogP contribution >= 0.6 is 0 Å². The normalized spacial score (nSPS) is 14.6. The molecule has 1 aliphatic heterocycles. The van der Waals surface area contributed by atoms with Crippen LogP contribution in [-0.4, -0.2) is 24.2 Å². The van der Waals surface area contributed by atoms with E-state index in [0.717, 1.165) is 16.2 Å². The van der Waals surface area contributed by atoms with Crippen LogP contribution in [0.4, 0.5) is 16.2 Å². The number of carboxylic acid groups (broad SMARTS) is 1. The van der Waals surface area contributed by atoms with E-state index in [1.54, 1.807) is 19.2 Å². The maximum Gasteiger partial charge on any atom is 0.418 e. The number of aryl methyl sites for hydroxylation is 1. The summed E-state index contributed by atoms with van der Waals surface area (Å²) in [6.45, 7) is 0. The maximum absolute atomic E-state index is 11.5. The van der Waals surface area contributed by atoms with Crippen LogP contribution in [-0.2, 0) is 11.2 Å². The summed E-state index contributed by atoms with van der Waals surface area (Å²) in [7, 11) is 1.80. The molecule has 1 heterocycles. The van der Waals surface area contributed by atoms with Gasteiger partial charge in [-0.05, 0) is 30.2 Å². The number of amides is 2. The number of fused-ring (bicyclic) bond motifs is 1. The Kier molecular flexibility index (Phi) is 2.52. The number of hydrogen-bond acceptors (Lipinski definition) is 3. The molecule has 84 valence electrons. The van der Waals surface area contributed by atoms with Gasteiger partial charge in [-0.3, -0.25) is 4.79 Å². The zero-order chi connectivity index (χ0) is 11.7. The average Bonchev–Trinajstić information content (AvgIpc) is 2.27. The summed E-state index contributed by atoms with van der Waals surface area (Å²) in [5.41, 5.74) is 2.27. The molecule has 0 saturated carbocycles. The van der Waals surface area contributed by atoms with Crippen LogP contribution in [0.3, 0.4) is 0 Å². The van der Waals surface area contributed by atoms with Crippen molar-refractivity contribution in [3.8, 4) is 0 Å². The highest BCUT2D eigenvalue weighted by Gasteiger charge is 2.29. The lowest BCUT2D eigenvalue weighted by atomic mass is 10.0. The van der Waals surface area contributed by atoms with Crippen LogP contribution in [0.25, 0.3) is 0 Å². The molecule has 0 atom stereocenters. The molecule has 2 N–H and O–H groups in total. The second-order valence-corrected chi connectivity index (χ2v) is 3.61. The fourth-order valence-corrected chi connectivity index (χ4v) is 1.86. The predicted molar refractivity (Wildman–Crippen MR) is 59.8 cm³/mol. The minimum atomic E-state index is -1.22.